The molecule has 27 heavy (non-hydrogen) atoms. The van der Waals surface area contributed by atoms with Crippen LogP contribution < -0.4 is 15.4 Å². The maximum absolute atomic E-state index is 12.1. The Morgan fingerprint density at radius 1 is 1.04 bits per heavy atom. The molecule has 1 fully saturated rings. The summed E-state index contributed by atoms with van der Waals surface area (Å²) in [5.41, 5.74) is 0. The topological polar surface area (TPSA) is 83.8 Å². The zero-order chi connectivity index (χ0) is 18.9. The van der Waals surface area contributed by atoms with Crippen LogP contribution >= 0.6 is 0 Å². The Labute approximate surface area is 158 Å². The van der Waals surface area contributed by atoms with Crippen molar-refractivity contribution in [3.8, 4) is 5.75 Å². The fourth-order valence-electron chi connectivity index (χ4n) is 3.11. The van der Waals surface area contributed by atoms with Crippen LogP contribution in [0.15, 0.2) is 53.1 Å². The molecule has 0 bridgehead atoms. The van der Waals surface area contributed by atoms with Crippen molar-refractivity contribution in [2.45, 2.75) is 18.9 Å². The predicted molar refractivity (Wildman–Crippen MR) is 100 cm³/mol. The van der Waals surface area contributed by atoms with Crippen molar-refractivity contribution in [3.63, 3.8) is 0 Å². The Bertz CT molecular complexity index is 712. The van der Waals surface area contributed by atoms with Crippen LogP contribution in [0.2, 0.25) is 0 Å². The molecule has 0 saturated carbocycles. The van der Waals surface area contributed by atoms with E-state index in [-0.39, 0.29) is 31.0 Å². The van der Waals surface area contributed by atoms with Gasteiger partial charge in [0.2, 0.25) is 5.91 Å². The summed E-state index contributed by atoms with van der Waals surface area (Å²) in [5.74, 6) is 0.886. The molecule has 0 spiro atoms. The average Bonchev–Trinajstić information content (AvgIpc) is 3.40. The maximum atomic E-state index is 12.1. The van der Waals surface area contributed by atoms with Crippen molar-refractivity contribution in [3.05, 3.63) is 54.5 Å². The van der Waals surface area contributed by atoms with Crippen LogP contribution in [0.25, 0.3) is 0 Å². The lowest BCUT2D eigenvalue weighted by Gasteiger charge is -2.26. The van der Waals surface area contributed by atoms with Crippen molar-refractivity contribution < 1.29 is 18.7 Å². The molecular formula is C20H25N3O4. The number of carbonyl (C=O) groups is 2. The summed E-state index contributed by atoms with van der Waals surface area (Å²) >= 11 is 0. The van der Waals surface area contributed by atoms with Gasteiger partial charge in [-0.05, 0) is 50.2 Å². The molecule has 7 heteroatoms. The summed E-state index contributed by atoms with van der Waals surface area (Å²) in [5, 5.41) is 5.45. The number of carbonyl (C=O) groups excluding carboxylic acids is 2. The van der Waals surface area contributed by atoms with Gasteiger partial charge in [-0.25, -0.2) is 0 Å². The summed E-state index contributed by atoms with van der Waals surface area (Å²) in [6.07, 6.45) is 3.96. The molecule has 0 radical (unpaired) electrons. The predicted octanol–water partition coefficient (Wildman–Crippen LogP) is 1.73. The number of nitrogens with zero attached hydrogens (tertiary/aromatic N) is 1. The van der Waals surface area contributed by atoms with Crippen LogP contribution in [0.3, 0.4) is 0 Å². The molecule has 3 rings (SSSR count). The number of benzene rings is 1. The number of rotatable bonds is 9. The van der Waals surface area contributed by atoms with Crippen LogP contribution in [-0.4, -0.2) is 49.5 Å². The largest absolute Gasteiger partial charge is 0.484 e. The zero-order valence-electron chi connectivity index (χ0n) is 15.2. The highest BCUT2D eigenvalue weighted by Gasteiger charge is 2.25. The summed E-state index contributed by atoms with van der Waals surface area (Å²) < 4.78 is 10.9. The van der Waals surface area contributed by atoms with Gasteiger partial charge in [-0.1, -0.05) is 18.2 Å². The van der Waals surface area contributed by atoms with Gasteiger partial charge >= 0.3 is 0 Å². The molecule has 1 aliphatic rings. The fourth-order valence-corrected chi connectivity index (χ4v) is 3.11. The van der Waals surface area contributed by atoms with E-state index in [1.807, 2.05) is 30.3 Å². The van der Waals surface area contributed by atoms with Crippen LogP contribution in [-0.2, 0) is 9.59 Å². The van der Waals surface area contributed by atoms with Gasteiger partial charge in [-0.2, -0.15) is 0 Å². The first-order valence-electron chi connectivity index (χ1n) is 9.21. The molecule has 7 nitrogen and oxygen atoms in total. The van der Waals surface area contributed by atoms with Gasteiger partial charge in [0.05, 0.1) is 18.8 Å². The van der Waals surface area contributed by atoms with E-state index in [1.54, 1.807) is 18.4 Å². The molecule has 2 N–H and O–H groups in total. The second-order valence-corrected chi connectivity index (χ2v) is 6.46. The van der Waals surface area contributed by atoms with Crippen molar-refractivity contribution >= 4 is 11.8 Å². The monoisotopic (exact) mass is 371 g/mol. The molecule has 0 unspecified atom stereocenters. The minimum atomic E-state index is -0.337. The van der Waals surface area contributed by atoms with Gasteiger partial charge in [-0.15, -0.1) is 0 Å². The lowest BCUT2D eigenvalue weighted by Crippen LogP contribution is -2.42. The summed E-state index contributed by atoms with van der Waals surface area (Å²) in [6, 6.07) is 12.9. The molecular weight excluding hydrogens is 346 g/mol. The minimum Gasteiger partial charge on any atom is -0.484 e. The van der Waals surface area contributed by atoms with Crippen molar-refractivity contribution in [2.24, 2.45) is 0 Å². The molecule has 1 aromatic heterocycles. The van der Waals surface area contributed by atoms with E-state index in [9.17, 15) is 9.59 Å². The first-order valence-corrected chi connectivity index (χ1v) is 9.21. The van der Waals surface area contributed by atoms with E-state index in [0.717, 1.165) is 31.7 Å². The third kappa shape index (κ3) is 5.86. The number of ether oxygens (including phenoxy) is 1. The molecule has 2 aromatic rings. The highest BCUT2D eigenvalue weighted by molar-refractivity contribution is 5.85. The van der Waals surface area contributed by atoms with Gasteiger partial charge in [-0.3, -0.25) is 14.5 Å². The molecule has 1 saturated heterocycles. The number of likely N-dealkylation sites (tertiary alicyclic amines) is 1. The average molecular weight is 371 g/mol. The molecule has 0 aliphatic carbocycles. The zero-order valence-corrected chi connectivity index (χ0v) is 15.2. The maximum Gasteiger partial charge on any atom is 0.258 e. The Balaban J connectivity index is 1.39. The first-order chi connectivity index (χ1) is 13.2. The number of amides is 2. The Kier molecular flexibility index (Phi) is 6.87. The Morgan fingerprint density at radius 2 is 1.81 bits per heavy atom. The third-order valence-corrected chi connectivity index (χ3v) is 4.50. The van der Waals surface area contributed by atoms with E-state index in [2.05, 4.69) is 15.5 Å². The van der Waals surface area contributed by atoms with E-state index in [4.69, 9.17) is 9.15 Å². The van der Waals surface area contributed by atoms with Crippen LogP contribution in [0.1, 0.15) is 24.6 Å². The summed E-state index contributed by atoms with van der Waals surface area (Å²) in [7, 11) is 0. The normalized spacial score (nSPS) is 15.3. The highest BCUT2D eigenvalue weighted by Crippen LogP contribution is 2.24. The van der Waals surface area contributed by atoms with E-state index in [0.29, 0.717) is 12.3 Å². The molecule has 2 amide bonds. The fraction of sp³-hybridized carbons (Fsp3) is 0.400. The lowest BCUT2D eigenvalue weighted by molar-refractivity contribution is -0.127. The number of hydrogen-bond donors (Lipinski definition) is 2. The molecule has 144 valence electrons. The SMILES string of the molecule is O=C(CNC(=O)COc1ccccc1)NC[C@@H](c1ccco1)N1CCCC1. The molecule has 2 heterocycles. The third-order valence-electron chi connectivity index (χ3n) is 4.50. The number of para-hydroxylation sites is 1. The highest BCUT2D eigenvalue weighted by atomic mass is 16.5. The Morgan fingerprint density at radius 3 is 2.52 bits per heavy atom. The standard InChI is InChI=1S/C20H25N3O4/c24-19(14-22-20(25)15-27-16-7-2-1-3-8-16)21-13-17(18-9-6-12-26-18)23-10-4-5-11-23/h1-3,6-9,12,17H,4-5,10-11,13-15H2,(H,21,24)(H,22,25)/t17-/m0/s1. The van der Waals surface area contributed by atoms with Crippen molar-refractivity contribution in [1.29, 1.82) is 0 Å². The number of hydrogen-bond acceptors (Lipinski definition) is 5. The Hall–Kier alpha value is -2.80. The first kappa shape index (κ1) is 19.0. The number of furan rings is 1. The lowest BCUT2D eigenvalue weighted by atomic mass is 10.2. The van der Waals surface area contributed by atoms with Crippen molar-refractivity contribution in [2.75, 3.05) is 32.8 Å². The van der Waals surface area contributed by atoms with Gasteiger partial charge < -0.3 is 19.8 Å². The van der Waals surface area contributed by atoms with Crippen LogP contribution in [0.4, 0.5) is 0 Å². The van der Waals surface area contributed by atoms with E-state index >= 15 is 0 Å². The second kappa shape index (κ2) is 9.78. The second-order valence-electron chi connectivity index (χ2n) is 6.46. The van der Waals surface area contributed by atoms with Gasteiger partial charge in [0.15, 0.2) is 6.61 Å². The van der Waals surface area contributed by atoms with Gasteiger partial charge in [0, 0.05) is 6.54 Å². The van der Waals surface area contributed by atoms with E-state index < -0.39 is 0 Å². The molecule has 1 atom stereocenters. The summed E-state index contributed by atoms with van der Waals surface area (Å²) in [4.78, 5) is 26.2. The summed E-state index contributed by atoms with van der Waals surface area (Å²) in [6.45, 7) is 2.23. The van der Waals surface area contributed by atoms with Gasteiger partial charge in [0.25, 0.3) is 5.91 Å². The van der Waals surface area contributed by atoms with Crippen molar-refractivity contribution in [1.82, 2.24) is 15.5 Å². The van der Waals surface area contributed by atoms with Crippen LogP contribution in [0.5, 0.6) is 5.75 Å². The smallest absolute Gasteiger partial charge is 0.258 e. The molecule has 1 aliphatic heterocycles. The molecule has 1 aromatic carbocycles. The van der Waals surface area contributed by atoms with Crippen LogP contribution in [0, 0.1) is 0 Å². The number of nitrogens with one attached hydrogen (secondary N) is 2. The minimum absolute atomic E-state index is 0.0172. The van der Waals surface area contributed by atoms with Gasteiger partial charge in [0.1, 0.15) is 11.5 Å². The quantitative estimate of drug-likeness (QED) is 0.701. The van der Waals surface area contributed by atoms with E-state index in [1.165, 1.54) is 0 Å².